The SMILES string of the molecule is COc1ccc(C(C)NCCCCN(C)C)c(F)c1. The van der Waals surface area contributed by atoms with Gasteiger partial charge in [0.1, 0.15) is 11.6 Å². The zero-order chi connectivity index (χ0) is 14.3. The number of hydrogen-bond acceptors (Lipinski definition) is 3. The highest BCUT2D eigenvalue weighted by atomic mass is 19.1. The van der Waals surface area contributed by atoms with Crippen LogP contribution in [0.15, 0.2) is 18.2 Å². The minimum absolute atomic E-state index is 0.0188. The average Bonchev–Trinajstić information content (AvgIpc) is 2.37. The van der Waals surface area contributed by atoms with Crippen molar-refractivity contribution in [3.05, 3.63) is 29.6 Å². The van der Waals surface area contributed by atoms with Gasteiger partial charge in [-0.3, -0.25) is 0 Å². The second-order valence-electron chi connectivity index (χ2n) is 5.07. The molecular formula is C15H25FN2O. The lowest BCUT2D eigenvalue weighted by Crippen LogP contribution is -2.22. The average molecular weight is 268 g/mol. The van der Waals surface area contributed by atoms with Gasteiger partial charge in [-0.2, -0.15) is 0 Å². The van der Waals surface area contributed by atoms with Gasteiger partial charge in [-0.15, -0.1) is 0 Å². The molecule has 0 aliphatic carbocycles. The van der Waals surface area contributed by atoms with Crippen molar-refractivity contribution >= 4 is 0 Å². The van der Waals surface area contributed by atoms with Gasteiger partial charge in [0, 0.05) is 17.7 Å². The molecule has 3 nitrogen and oxygen atoms in total. The van der Waals surface area contributed by atoms with Gasteiger partial charge in [0.05, 0.1) is 7.11 Å². The van der Waals surface area contributed by atoms with Crippen molar-refractivity contribution in [3.63, 3.8) is 0 Å². The van der Waals surface area contributed by atoms with Crippen LogP contribution in [-0.4, -0.2) is 39.2 Å². The molecule has 0 aliphatic rings. The van der Waals surface area contributed by atoms with E-state index in [2.05, 4.69) is 24.3 Å². The van der Waals surface area contributed by atoms with Crippen LogP contribution in [-0.2, 0) is 0 Å². The molecule has 19 heavy (non-hydrogen) atoms. The van der Waals surface area contributed by atoms with Crippen molar-refractivity contribution in [2.24, 2.45) is 0 Å². The van der Waals surface area contributed by atoms with Gasteiger partial charge in [0.2, 0.25) is 0 Å². The molecule has 0 fully saturated rings. The van der Waals surface area contributed by atoms with Crippen molar-refractivity contribution in [2.75, 3.05) is 34.3 Å². The molecule has 0 aliphatic heterocycles. The number of ether oxygens (including phenoxy) is 1. The molecule has 0 aromatic heterocycles. The first kappa shape index (κ1) is 15.9. The summed E-state index contributed by atoms with van der Waals surface area (Å²) in [5, 5.41) is 3.35. The van der Waals surface area contributed by atoms with E-state index in [0.29, 0.717) is 11.3 Å². The van der Waals surface area contributed by atoms with Gasteiger partial charge in [-0.05, 0) is 53.0 Å². The molecule has 0 spiro atoms. The molecule has 1 N–H and O–H groups in total. The molecular weight excluding hydrogens is 243 g/mol. The molecule has 0 radical (unpaired) electrons. The number of nitrogens with one attached hydrogen (secondary N) is 1. The highest BCUT2D eigenvalue weighted by Gasteiger charge is 2.10. The summed E-state index contributed by atoms with van der Waals surface area (Å²) in [6, 6.07) is 5.03. The lowest BCUT2D eigenvalue weighted by molar-refractivity contribution is 0.388. The van der Waals surface area contributed by atoms with Crippen LogP contribution < -0.4 is 10.1 Å². The molecule has 1 atom stereocenters. The minimum atomic E-state index is -0.215. The molecule has 0 heterocycles. The normalized spacial score (nSPS) is 12.7. The molecule has 1 rings (SSSR count). The molecule has 0 saturated carbocycles. The van der Waals surface area contributed by atoms with Crippen LogP contribution in [0.1, 0.15) is 31.4 Å². The second kappa shape index (κ2) is 8.12. The van der Waals surface area contributed by atoms with Crippen LogP contribution in [0.25, 0.3) is 0 Å². The van der Waals surface area contributed by atoms with Crippen LogP contribution in [0.5, 0.6) is 5.75 Å². The highest BCUT2D eigenvalue weighted by molar-refractivity contribution is 5.30. The summed E-state index contributed by atoms with van der Waals surface area (Å²) in [5.41, 5.74) is 0.688. The summed E-state index contributed by atoms with van der Waals surface area (Å²) in [5.74, 6) is 0.340. The fourth-order valence-corrected chi connectivity index (χ4v) is 1.97. The van der Waals surface area contributed by atoms with Gasteiger partial charge in [0.15, 0.2) is 0 Å². The monoisotopic (exact) mass is 268 g/mol. The molecule has 0 amide bonds. The van der Waals surface area contributed by atoms with Crippen LogP contribution in [0.3, 0.4) is 0 Å². The first-order valence-corrected chi connectivity index (χ1v) is 6.76. The molecule has 1 aromatic rings. The van der Waals surface area contributed by atoms with Crippen LogP contribution in [0.2, 0.25) is 0 Å². The van der Waals surface area contributed by atoms with Gasteiger partial charge < -0.3 is 15.0 Å². The maximum Gasteiger partial charge on any atom is 0.131 e. The summed E-state index contributed by atoms with van der Waals surface area (Å²) in [6.45, 7) is 3.98. The van der Waals surface area contributed by atoms with Crippen molar-refractivity contribution in [2.45, 2.75) is 25.8 Å². The first-order valence-electron chi connectivity index (χ1n) is 6.76. The zero-order valence-corrected chi connectivity index (χ0v) is 12.4. The molecule has 0 bridgehead atoms. The second-order valence-corrected chi connectivity index (χ2v) is 5.07. The number of unbranched alkanes of at least 4 members (excludes halogenated alkanes) is 1. The predicted octanol–water partition coefficient (Wildman–Crippen LogP) is 2.83. The fraction of sp³-hybridized carbons (Fsp3) is 0.600. The smallest absolute Gasteiger partial charge is 0.131 e. The van der Waals surface area contributed by atoms with Crippen molar-refractivity contribution in [1.82, 2.24) is 10.2 Å². The molecule has 0 saturated heterocycles. The van der Waals surface area contributed by atoms with E-state index in [1.807, 2.05) is 6.92 Å². The number of benzene rings is 1. The number of hydrogen-bond donors (Lipinski definition) is 1. The largest absolute Gasteiger partial charge is 0.497 e. The van der Waals surface area contributed by atoms with E-state index in [0.717, 1.165) is 25.9 Å². The summed E-state index contributed by atoms with van der Waals surface area (Å²) < 4.78 is 18.8. The molecule has 1 unspecified atom stereocenters. The highest BCUT2D eigenvalue weighted by Crippen LogP contribution is 2.21. The number of halogens is 1. The molecule has 1 aromatic carbocycles. The third kappa shape index (κ3) is 5.57. The van der Waals surface area contributed by atoms with E-state index >= 15 is 0 Å². The molecule has 108 valence electrons. The lowest BCUT2D eigenvalue weighted by Gasteiger charge is -2.16. The van der Waals surface area contributed by atoms with Crippen molar-refractivity contribution in [3.8, 4) is 5.75 Å². The lowest BCUT2D eigenvalue weighted by atomic mass is 10.1. The Bertz CT molecular complexity index is 382. The van der Waals surface area contributed by atoms with Crippen LogP contribution in [0.4, 0.5) is 4.39 Å². The maximum absolute atomic E-state index is 13.8. The van der Waals surface area contributed by atoms with E-state index in [-0.39, 0.29) is 11.9 Å². The quantitative estimate of drug-likeness (QED) is 0.734. The summed E-state index contributed by atoms with van der Waals surface area (Å²) in [6.07, 6.45) is 2.25. The Labute approximate surface area is 115 Å². The zero-order valence-electron chi connectivity index (χ0n) is 12.4. The van der Waals surface area contributed by atoms with E-state index in [4.69, 9.17) is 4.74 Å². The Kier molecular flexibility index (Phi) is 6.81. The van der Waals surface area contributed by atoms with E-state index in [1.54, 1.807) is 19.2 Å². The van der Waals surface area contributed by atoms with Gasteiger partial charge in [-0.1, -0.05) is 6.07 Å². The fourth-order valence-electron chi connectivity index (χ4n) is 1.97. The van der Waals surface area contributed by atoms with E-state index in [9.17, 15) is 4.39 Å². The number of rotatable bonds is 8. The predicted molar refractivity (Wildman–Crippen MR) is 77.2 cm³/mol. The minimum Gasteiger partial charge on any atom is -0.497 e. The summed E-state index contributed by atoms with van der Waals surface area (Å²) in [7, 11) is 5.69. The Balaban J connectivity index is 2.39. The topological polar surface area (TPSA) is 24.5 Å². The third-order valence-electron chi connectivity index (χ3n) is 3.16. The van der Waals surface area contributed by atoms with Crippen molar-refractivity contribution < 1.29 is 9.13 Å². The Hall–Kier alpha value is -1.13. The summed E-state index contributed by atoms with van der Waals surface area (Å²) in [4.78, 5) is 2.17. The Morgan fingerprint density at radius 1 is 1.32 bits per heavy atom. The molecule has 4 heteroatoms. The summed E-state index contributed by atoms with van der Waals surface area (Å²) >= 11 is 0. The maximum atomic E-state index is 13.8. The Morgan fingerprint density at radius 2 is 2.05 bits per heavy atom. The van der Waals surface area contributed by atoms with Gasteiger partial charge in [-0.25, -0.2) is 4.39 Å². The van der Waals surface area contributed by atoms with Gasteiger partial charge in [0.25, 0.3) is 0 Å². The Morgan fingerprint density at radius 3 is 2.63 bits per heavy atom. The number of nitrogens with zero attached hydrogens (tertiary/aromatic N) is 1. The third-order valence-corrected chi connectivity index (χ3v) is 3.16. The van der Waals surface area contributed by atoms with Crippen molar-refractivity contribution in [1.29, 1.82) is 0 Å². The van der Waals surface area contributed by atoms with E-state index < -0.39 is 0 Å². The van der Waals surface area contributed by atoms with Crippen LogP contribution >= 0.6 is 0 Å². The van der Waals surface area contributed by atoms with E-state index in [1.165, 1.54) is 6.07 Å². The van der Waals surface area contributed by atoms with Crippen LogP contribution in [0, 0.1) is 5.82 Å². The van der Waals surface area contributed by atoms with Gasteiger partial charge >= 0.3 is 0 Å². The number of methoxy groups -OCH3 is 1. The first-order chi connectivity index (χ1) is 9.04. The standard InChI is InChI=1S/C15H25FN2O/c1-12(17-9-5-6-10-18(2)3)14-8-7-13(19-4)11-15(14)16/h7-8,11-12,17H,5-6,9-10H2,1-4H3.